The van der Waals surface area contributed by atoms with Crippen LogP contribution in [0.1, 0.15) is 47.9 Å². The highest BCUT2D eigenvalue weighted by Crippen LogP contribution is 2.40. The van der Waals surface area contributed by atoms with E-state index in [-0.39, 0.29) is 0 Å². The summed E-state index contributed by atoms with van der Waals surface area (Å²) in [7, 11) is 0. The smallest absolute Gasteiger partial charge is 0.103 e. The number of rotatable bonds is 4. The third-order valence-corrected chi connectivity index (χ3v) is 5.22. The summed E-state index contributed by atoms with van der Waals surface area (Å²) in [6, 6.07) is 6.06. The van der Waals surface area contributed by atoms with Crippen LogP contribution in [-0.2, 0) is 6.42 Å². The van der Waals surface area contributed by atoms with Crippen LogP contribution in [0.5, 0.6) is 0 Å². The van der Waals surface area contributed by atoms with Gasteiger partial charge in [0.05, 0.1) is 10.7 Å². The fourth-order valence-corrected chi connectivity index (χ4v) is 4.20. The van der Waals surface area contributed by atoms with E-state index >= 15 is 0 Å². The Morgan fingerprint density at radius 1 is 1.20 bits per heavy atom. The van der Waals surface area contributed by atoms with Gasteiger partial charge in [-0.15, -0.1) is 11.3 Å². The molecule has 1 aliphatic carbocycles. The molecule has 0 atom stereocenters. The van der Waals surface area contributed by atoms with Crippen LogP contribution in [0.2, 0.25) is 0 Å². The van der Waals surface area contributed by atoms with Gasteiger partial charge in [-0.05, 0) is 37.4 Å². The third kappa shape index (κ3) is 2.91. The van der Waals surface area contributed by atoms with E-state index in [2.05, 4.69) is 11.1 Å². The summed E-state index contributed by atoms with van der Waals surface area (Å²) in [6.45, 7) is 0.666. The second kappa shape index (κ2) is 6.46. The Kier molecular flexibility index (Phi) is 4.43. The lowest BCUT2D eigenvalue weighted by Gasteiger charge is -2.21. The van der Waals surface area contributed by atoms with Gasteiger partial charge in [0.25, 0.3) is 0 Å². The van der Waals surface area contributed by atoms with Gasteiger partial charge in [0.2, 0.25) is 0 Å². The Morgan fingerprint density at radius 3 is 2.75 bits per heavy atom. The minimum absolute atomic E-state index is 0.666. The third-order valence-electron chi connectivity index (χ3n) is 3.94. The van der Waals surface area contributed by atoms with Gasteiger partial charge in [-0.3, -0.25) is 4.98 Å². The zero-order chi connectivity index (χ0) is 13.8. The monoisotopic (exact) mass is 287 g/mol. The van der Waals surface area contributed by atoms with Crippen LogP contribution in [0.3, 0.4) is 0 Å². The number of aromatic nitrogens is 2. The molecule has 2 heterocycles. The van der Waals surface area contributed by atoms with Gasteiger partial charge in [0.1, 0.15) is 5.69 Å². The van der Waals surface area contributed by atoms with E-state index in [0.717, 1.165) is 22.8 Å². The molecular weight excluding hydrogens is 266 g/mol. The summed E-state index contributed by atoms with van der Waals surface area (Å²) < 4.78 is 0. The highest BCUT2D eigenvalue weighted by atomic mass is 32.1. The quantitative estimate of drug-likeness (QED) is 0.931. The van der Waals surface area contributed by atoms with Crippen LogP contribution < -0.4 is 5.73 Å². The van der Waals surface area contributed by atoms with Gasteiger partial charge in [0, 0.05) is 17.5 Å². The van der Waals surface area contributed by atoms with Crippen molar-refractivity contribution in [2.24, 2.45) is 5.73 Å². The molecule has 0 aliphatic heterocycles. The van der Waals surface area contributed by atoms with Crippen LogP contribution in [0, 0.1) is 0 Å². The maximum atomic E-state index is 5.69. The first-order chi connectivity index (χ1) is 9.88. The van der Waals surface area contributed by atoms with Crippen molar-refractivity contribution < 1.29 is 0 Å². The molecule has 0 bridgehead atoms. The van der Waals surface area contributed by atoms with Crippen LogP contribution in [0.4, 0.5) is 0 Å². The normalized spacial score (nSPS) is 16.4. The maximum absolute atomic E-state index is 5.69. The summed E-state index contributed by atoms with van der Waals surface area (Å²) in [6.07, 6.45) is 9.38. The SMILES string of the molecule is NCCc1nc(-c2ccccn2)c(C2CCCCC2)s1. The van der Waals surface area contributed by atoms with Crippen molar-refractivity contribution >= 4 is 11.3 Å². The summed E-state index contributed by atoms with van der Waals surface area (Å²) >= 11 is 1.85. The van der Waals surface area contributed by atoms with Gasteiger partial charge in [-0.1, -0.05) is 25.3 Å². The second-order valence-electron chi connectivity index (χ2n) is 5.41. The van der Waals surface area contributed by atoms with E-state index in [4.69, 9.17) is 10.7 Å². The predicted molar refractivity (Wildman–Crippen MR) is 83.9 cm³/mol. The second-order valence-corrected chi connectivity index (χ2v) is 6.52. The van der Waals surface area contributed by atoms with Crippen LogP contribution in [0.25, 0.3) is 11.4 Å². The van der Waals surface area contributed by atoms with Crippen LogP contribution in [0.15, 0.2) is 24.4 Å². The Labute approximate surface area is 124 Å². The molecule has 3 rings (SSSR count). The number of hydrogen-bond donors (Lipinski definition) is 1. The van der Waals surface area contributed by atoms with Gasteiger partial charge in [0.15, 0.2) is 0 Å². The molecule has 0 amide bonds. The molecule has 20 heavy (non-hydrogen) atoms. The van der Waals surface area contributed by atoms with Gasteiger partial charge >= 0.3 is 0 Å². The summed E-state index contributed by atoms with van der Waals surface area (Å²) in [5.41, 5.74) is 7.80. The van der Waals surface area contributed by atoms with Gasteiger partial charge in [-0.2, -0.15) is 0 Å². The average Bonchev–Trinajstić information content (AvgIpc) is 2.93. The van der Waals surface area contributed by atoms with Crippen LogP contribution >= 0.6 is 11.3 Å². The Morgan fingerprint density at radius 2 is 2.05 bits per heavy atom. The average molecular weight is 287 g/mol. The van der Waals surface area contributed by atoms with E-state index in [1.807, 2.05) is 29.7 Å². The highest BCUT2D eigenvalue weighted by molar-refractivity contribution is 7.12. The number of hydrogen-bond acceptors (Lipinski definition) is 4. The number of nitrogens with zero attached hydrogens (tertiary/aromatic N) is 2. The Hall–Kier alpha value is -1.26. The fraction of sp³-hybridized carbons (Fsp3) is 0.500. The lowest BCUT2D eigenvalue weighted by Crippen LogP contribution is -2.04. The van der Waals surface area contributed by atoms with E-state index in [1.54, 1.807) is 0 Å². The highest BCUT2D eigenvalue weighted by Gasteiger charge is 2.23. The zero-order valence-electron chi connectivity index (χ0n) is 11.7. The summed E-state index contributed by atoms with van der Waals surface area (Å²) in [5.74, 6) is 0.671. The van der Waals surface area contributed by atoms with Crippen LogP contribution in [-0.4, -0.2) is 16.5 Å². The topological polar surface area (TPSA) is 51.8 Å². The molecule has 4 heteroatoms. The maximum Gasteiger partial charge on any atom is 0.103 e. The number of nitrogens with two attached hydrogens (primary N) is 1. The molecule has 0 unspecified atom stereocenters. The molecule has 1 fully saturated rings. The molecule has 2 N–H and O–H groups in total. The van der Waals surface area contributed by atoms with Crippen molar-refractivity contribution in [1.29, 1.82) is 0 Å². The summed E-state index contributed by atoms with van der Waals surface area (Å²) in [4.78, 5) is 10.7. The molecule has 3 nitrogen and oxygen atoms in total. The lowest BCUT2D eigenvalue weighted by atomic mass is 9.87. The largest absolute Gasteiger partial charge is 0.330 e. The van der Waals surface area contributed by atoms with Crippen molar-refractivity contribution in [2.75, 3.05) is 6.54 Å². The first kappa shape index (κ1) is 13.7. The first-order valence-corrected chi connectivity index (χ1v) is 8.31. The molecule has 2 aromatic rings. The van der Waals surface area contributed by atoms with Crippen molar-refractivity contribution in [3.63, 3.8) is 0 Å². The standard InChI is InChI=1S/C16H21N3S/c17-10-9-14-19-15(13-8-4-5-11-18-13)16(20-14)12-6-2-1-3-7-12/h4-5,8,11-12H,1-3,6-7,9-10,17H2. The molecule has 106 valence electrons. The van der Waals surface area contributed by atoms with Gasteiger partial charge in [-0.25, -0.2) is 4.98 Å². The first-order valence-electron chi connectivity index (χ1n) is 7.49. The number of pyridine rings is 1. The van der Waals surface area contributed by atoms with Crippen molar-refractivity contribution in [3.05, 3.63) is 34.3 Å². The van der Waals surface area contributed by atoms with E-state index < -0.39 is 0 Å². The Balaban J connectivity index is 1.97. The number of thiazole rings is 1. The zero-order valence-corrected chi connectivity index (χ0v) is 12.5. The minimum atomic E-state index is 0.666. The van der Waals surface area contributed by atoms with Crippen molar-refractivity contribution in [1.82, 2.24) is 9.97 Å². The molecule has 0 aromatic carbocycles. The fourth-order valence-electron chi connectivity index (χ4n) is 2.94. The van der Waals surface area contributed by atoms with E-state index in [9.17, 15) is 0 Å². The lowest BCUT2D eigenvalue weighted by molar-refractivity contribution is 0.448. The minimum Gasteiger partial charge on any atom is -0.330 e. The molecule has 1 aliphatic rings. The van der Waals surface area contributed by atoms with Gasteiger partial charge < -0.3 is 5.73 Å². The molecule has 0 saturated heterocycles. The van der Waals surface area contributed by atoms with Crippen molar-refractivity contribution in [2.45, 2.75) is 44.4 Å². The molecule has 2 aromatic heterocycles. The predicted octanol–water partition coefficient (Wildman–Crippen LogP) is 3.75. The van der Waals surface area contributed by atoms with E-state index in [0.29, 0.717) is 12.5 Å². The molecule has 0 radical (unpaired) electrons. The van der Waals surface area contributed by atoms with Crippen molar-refractivity contribution in [3.8, 4) is 11.4 Å². The molecule has 0 spiro atoms. The van der Waals surface area contributed by atoms with E-state index in [1.165, 1.54) is 37.0 Å². The molecular formula is C16H21N3S. The summed E-state index contributed by atoms with van der Waals surface area (Å²) in [5, 5.41) is 1.16. The molecule has 1 saturated carbocycles. The Bertz CT molecular complexity index is 544.